The summed E-state index contributed by atoms with van der Waals surface area (Å²) < 4.78 is 53.8. The molecule has 17 nitrogen and oxygen atoms in total. The monoisotopic (exact) mass is 1030 g/mol. The summed E-state index contributed by atoms with van der Waals surface area (Å²) in [5.74, 6) is -1.24. The van der Waals surface area contributed by atoms with Crippen LogP contribution in [0.15, 0.2) is 84.5 Å². The van der Waals surface area contributed by atoms with Gasteiger partial charge < -0.3 is 51.0 Å². The number of thiazole rings is 1. The maximum absolute atomic E-state index is 14.2. The number of methoxy groups -OCH3 is 1. The average molecular weight is 1030 g/mol. The van der Waals surface area contributed by atoms with Gasteiger partial charge in [-0.15, -0.1) is 11.3 Å². The van der Waals surface area contributed by atoms with Crippen LogP contribution in [-0.2, 0) is 25.3 Å². The highest BCUT2D eigenvalue weighted by Gasteiger charge is 2.45. The number of aryl methyl sites for hydroxylation is 1. The topological polar surface area (TPSA) is 203 Å². The number of hydrogen-bond donors (Lipinski definition) is 6. The third kappa shape index (κ3) is 13.4. The number of ether oxygens (including phenoxy) is 2. The number of halogens is 3. The minimum Gasteiger partial charge on any atom is -0.494 e. The number of piperazine rings is 1. The molecular formula is C52H63F3N10O7S. The highest BCUT2D eigenvalue weighted by atomic mass is 32.1. The van der Waals surface area contributed by atoms with Crippen molar-refractivity contribution in [2.45, 2.75) is 71.4 Å². The second kappa shape index (κ2) is 23.4. The van der Waals surface area contributed by atoms with Gasteiger partial charge in [0.2, 0.25) is 17.7 Å². The van der Waals surface area contributed by atoms with Crippen molar-refractivity contribution in [3.8, 4) is 16.2 Å². The summed E-state index contributed by atoms with van der Waals surface area (Å²) in [7, 11) is 2.93. The van der Waals surface area contributed by atoms with Crippen LogP contribution in [0.1, 0.15) is 67.3 Å². The lowest BCUT2D eigenvalue weighted by Gasteiger charge is -2.36. The quantitative estimate of drug-likeness (QED) is 0.0496. The van der Waals surface area contributed by atoms with E-state index in [0.29, 0.717) is 44.2 Å². The van der Waals surface area contributed by atoms with Gasteiger partial charge in [0.05, 0.1) is 70.1 Å². The van der Waals surface area contributed by atoms with Crippen LogP contribution in [0.4, 0.5) is 41.7 Å². The zero-order valence-corrected chi connectivity index (χ0v) is 42.7. The zero-order chi connectivity index (χ0) is 52.6. The molecule has 21 heteroatoms. The van der Waals surface area contributed by atoms with Crippen molar-refractivity contribution in [1.29, 1.82) is 0 Å². The minimum atomic E-state index is -4.73. The molecule has 0 aliphatic carbocycles. The van der Waals surface area contributed by atoms with Gasteiger partial charge in [-0.1, -0.05) is 57.2 Å². The van der Waals surface area contributed by atoms with Crippen LogP contribution in [-0.4, -0.2) is 133 Å². The number of nitrogens with one attached hydrogen (secondary N) is 5. The first-order chi connectivity index (χ1) is 34.7. The molecule has 4 atom stereocenters. The van der Waals surface area contributed by atoms with Crippen molar-refractivity contribution < 1.29 is 46.9 Å². The standard InChI is InChI=1S/C52H63F3N10O7S/c1-31(33-12-14-34(15-13-33)46-32(2)58-30-73-46)59-49(69)42-25-36(66)28-65(42)50(70)47(51(3,4)5)62-45(67)29-72-23-22-63-18-20-64(21-19-63)35-16-17-40(43(24-35)71-7)61-44-26-41(38(27-57-44)52(53,54)55)60-39-11-9-8-10-37(39)48(68)56-6/h8-17,24,26-27,30-31,36,42,47,66H,18-23,25,28-29H2,1-7H3,(H,56,68)(H,59,69)(H,62,67)(H2,57,60,61). The number of aliphatic hydroxyl groups is 1. The molecule has 3 aromatic carbocycles. The fourth-order valence-electron chi connectivity index (χ4n) is 8.85. The summed E-state index contributed by atoms with van der Waals surface area (Å²) in [4.78, 5) is 68.8. The fraction of sp³-hybridized carbons (Fsp3) is 0.423. The molecule has 0 spiro atoms. The molecule has 6 N–H and O–H groups in total. The molecule has 2 saturated heterocycles. The smallest absolute Gasteiger partial charge is 0.419 e. The van der Waals surface area contributed by atoms with Gasteiger partial charge in [-0.3, -0.25) is 24.1 Å². The Balaban J connectivity index is 0.880. The molecule has 390 valence electrons. The third-order valence-corrected chi connectivity index (χ3v) is 13.9. The lowest BCUT2D eigenvalue weighted by molar-refractivity contribution is -0.144. The molecule has 73 heavy (non-hydrogen) atoms. The normalized spacial score (nSPS) is 17.1. The van der Waals surface area contributed by atoms with Crippen molar-refractivity contribution in [2.24, 2.45) is 5.41 Å². The van der Waals surface area contributed by atoms with E-state index in [-0.39, 0.29) is 55.0 Å². The molecule has 2 fully saturated rings. The van der Waals surface area contributed by atoms with Gasteiger partial charge in [-0.05, 0) is 54.7 Å². The van der Waals surface area contributed by atoms with E-state index in [1.165, 1.54) is 37.3 Å². The molecular weight excluding hydrogens is 966 g/mol. The predicted octanol–water partition coefficient (Wildman–Crippen LogP) is 6.90. The van der Waals surface area contributed by atoms with Gasteiger partial charge in [0.1, 0.15) is 30.3 Å². The average Bonchev–Trinajstić information content (AvgIpc) is 3.99. The highest BCUT2D eigenvalue weighted by molar-refractivity contribution is 7.13. The van der Waals surface area contributed by atoms with Crippen LogP contribution in [0.3, 0.4) is 0 Å². The molecule has 4 amide bonds. The number of anilines is 5. The van der Waals surface area contributed by atoms with Crippen LogP contribution in [0.25, 0.3) is 10.4 Å². The van der Waals surface area contributed by atoms with E-state index in [0.717, 1.165) is 33.6 Å². The maximum atomic E-state index is 14.2. The van der Waals surface area contributed by atoms with E-state index in [1.807, 2.05) is 71.0 Å². The number of β-amino-alcohol motifs (C(OH)–C–C–N with tert-alkyl or cyclic N) is 1. The number of pyridine rings is 1. The van der Waals surface area contributed by atoms with Gasteiger partial charge in [-0.2, -0.15) is 13.2 Å². The van der Waals surface area contributed by atoms with Crippen LogP contribution in [0, 0.1) is 12.3 Å². The maximum Gasteiger partial charge on any atom is 0.419 e. The Morgan fingerprint density at radius 1 is 0.904 bits per heavy atom. The van der Waals surface area contributed by atoms with E-state index in [1.54, 1.807) is 35.0 Å². The number of likely N-dealkylation sites (tertiary alicyclic amines) is 1. The Morgan fingerprint density at radius 2 is 1.63 bits per heavy atom. The van der Waals surface area contributed by atoms with Gasteiger partial charge in [0.25, 0.3) is 5.91 Å². The molecule has 2 aliphatic heterocycles. The second-order valence-corrected chi connectivity index (χ2v) is 20.0. The number of carbonyl (C=O) groups is 4. The molecule has 4 heterocycles. The largest absolute Gasteiger partial charge is 0.494 e. The van der Waals surface area contributed by atoms with Crippen molar-refractivity contribution >= 4 is 63.5 Å². The van der Waals surface area contributed by atoms with Crippen LogP contribution >= 0.6 is 11.3 Å². The Kier molecular flexibility index (Phi) is 17.3. The lowest BCUT2D eigenvalue weighted by atomic mass is 9.85. The number of rotatable bonds is 18. The molecule has 2 aromatic heterocycles. The van der Waals surface area contributed by atoms with Crippen molar-refractivity contribution in [3.63, 3.8) is 0 Å². The predicted molar refractivity (Wildman–Crippen MR) is 274 cm³/mol. The van der Waals surface area contributed by atoms with Crippen molar-refractivity contribution in [1.82, 2.24) is 35.7 Å². The summed E-state index contributed by atoms with van der Waals surface area (Å²) in [5.41, 5.74) is 4.34. The number of para-hydroxylation sites is 1. The number of nitrogens with zero attached hydrogens (tertiary/aromatic N) is 5. The van der Waals surface area contributed by atoms with Gasteiger partial charge in [0, 0.05) is 76.8 Å². The number of hydrogen-bond acceptors (Lipinski definition) is 14. The van der Waals surface area contributed by atoms with Crippen molar-refractivity contribution in [2.75, 3.05) is 82.2 Å². The minimum absolute atomic E-state index is 0.0422. The van der Waals surface area contributed by atoms with Gasteiger partial charge in [-0.25, -0.2) is 9.97 Å². The number of amides is 4. The zero-order valence-electron chi connectivity index (χ0n) is 41.9. The molecule has 5 aromatic rings. The van der Waals surface area contributed by atoms with E-state index in [4.69, 9.17) is 9.47 Å². The first kappa shape index (κ1) is 54.0. The van der Waals surface area contributed by atoms with E-state index < -0.39 is 59.0 Å². The Labute approximate surface area is 426 Å². The van der Waals surface area contributed by atoms with E-state index in [2.05, 4.69) is 46.4 Å². The summed E-state index contributed by atoms with van der Waals surface area (Å²) in [6, 6.07) is 18.6. The Hall–Kier alpha value is -6.81. The van der Waals surface area contributed by atoms with Crippen LogP contribution in [0.5, 0.6) is 5.75 Å². The van der Waals surface area contributed by atoms with E-state index in [9.17, 15) is 37.5 Å². The number of aromatic nitrogens is 2. The fourth-order valence-corrected chi connectivity index (χ4v) is 9.66. The number of alkyl halides is 3. The first-order valence-electron chi connectivity index (χ1n) is 24.0. The number of benzene rings is 3. The van der Waals surface area contributed by atoms with Crippen LogP contribution in [0.2, 0.25) is 0 Å². The molecule has 7 rings (SSSR count). The Bertz CT molecular complexity index is 2740. The molecule has 0 bridgehead atoms. The number of carbonyl (C=O) groups excluding carboxylic acids is 4. The highest BCUT2D eigenvalue weighted by Crippen LogP contribution is 2.39. The van der Waals surface area contributed by atoms with Gasteiger partial charge >= 0.3 is 6.18 Å². The molecule has 0 radical (unpaired) electrons. The second-order valence-electron chi connectivity index (χ2n) is 19.1. The van der Waals surface area contributed by atoms with Crippen molar-refractivity contribution in [3.05, 3.63) is 107 Å². The summed E-state index contributed by atoms with van der Waals surface area (Å²) in [5, 5.41) is 24.9. The Morgan fingerprint density at radius 3 is 2.29 bits per heavy atom. The summed E-state index contributed by atoms with van der Waals surface area (Å²) in [6.45, 7) is 12.5. The molecule has 0 saturated carbocycles. The van der Waals surface area contributed by atoms with Crippen LogP contribution < -0.4 is 36.2 Å². The third-order valence-electron chi connectivity index (χ3n) is 12.9. The van der Waals surface area contributed by atoms with Gasteiger partial charge in [0.15, 0.2) is 0 Å². The first-order valence-corrected chi connectivity index (χ1v) is 24.9. The summed E-state index contributed by atoms with van der Waals surface area (Å²) >= 11 is 1.56. The van der Waals surface area contributed by atoms with E-state index >= 15 is 0 Å². The molecule has 2 aliphatic rings. The summed E-state index contributed by atoms with van der Waals surface area (Å²) in [6.07, 6.45) is -4.83. The lowest BCUT2D eigenvalue weighted by Crippen LogP contribution is -2.58. The number of aliphatic hydroxyl groups excluding tert-OH is 1. The SMILES string of the molecule is CNC(=O)c1ccccc1Nc1cc(Nc2ccc(N3CCN(CCOCC(=O)NC(C(=O)N4CC(O)CC4C(=O)NC(C)c4ccc(-c5scnc5C)cc4)C(C)(C)C)CC3)cc2OC)ncc1C(F)(F)F. The molecule has 4 unspecified atom stereocenters.